The number of rotatable bonds is 3. The SMILES string of the molecule is CC(Oc1cccc(CN)n1)C(F)(F)F. The highest BCUT2D eigenvalue weighted by Gasteiger charge is 2.38. The highest BCUT2D eigenvalue weighted by molar-refractivity contribution is 5.15. The van der Waals surface area contributed by atoms with E-state index in [1.54, 1.807) is 12.1 Å². The van der Waals surface area contributed by atoms with Gasteiger partial charge in [-0.1, -0.05) is 6.07 Å². The van der Waals surface area contributed by atoms with Gasteiger partial charge in [-0.3, -0.25) is 0 Å². The Balaban J connectivity index is 2.72. The standard InChI is InChI=1S/C9H11F3N2O/c1-6(9(10,11)12)15-8-4-2-3-7(5-13)14-8/h2-4,6H,5,13H2,1H3. The Morgan fingerprint density at radius 2 is 2.13 bits per heavy atom. The molecular formula is C9H11F3N2O. The van der Waals surface area contributed by atoms with Gasteiger partial charge in [0.1, 0.15) is 0 Å². The van der Waals surface area contributed by atoms with Crippen molar-refractivity contribution in [2.45, 2.75) is 25.7 Å². The van der Waals surface area contributed by atoms with E-state index < -0.39 is 12.3 Å². The Morgan fingerprint density at radius 1 is 1.47 bits per heavy atom. The molecule has 1 rings (SSSR count). The van der Waals surface area contributed by atoms with Gasteiger partial charge in [0.2, 0.25) is 5.88 Å². The Kier molecular flexibility index (Phi) is 3.52. The lowest BCUT2D eigenvalue weighted by Crippen LogP contribution is -2.31. The normalized spacial score (nSPS) is 13.7. The maximum Gasteiger partial charge on any atom is 0.425 e. The number of ether oxygens (including phenoxy) is 1. The predicted octanol–water partition coefficient (Wildman–Crippen LogP) is 1.87. The number of hydrogen-bond acceptors (Lipinski definition) is 3. The first-order valence-corrected chi connectivity index (χ1v) is 4.33. The van der Waals surface area contributed by atoms with Crippen molar-refractivity contribution in [2.75, 3.05) is 0 Å². The third-order valence-electron chi connectivity index (χ3n) is 1.75. The maximum atomic E-state index is 12.1. The summed E-state index contributed by atoms with van der Waals surface area (Å²) in [5.41, 5.74) is 5.78. The van der Waals surface area contributed by atoms with E-state index in [4.69, 9.17) is 5.73 Å². The molecule has 0 aliphatic carbocycles. The van der Waals surface area contributed by atoms with Crippen LogP contribution in [0.5, 0.6) is 5.88 Å². The molecule has 0 radical (unpaired) electrons. The van der Waals surface area contributed by atoms with Crippen LogP contribution in [-0.2, 0) is 6.54 Å². The Hall–Kier alpha value is -1.30. The molecule has 0 saturated carbocycles. The van der Waals surface area contributed by atoms with Crippen molar-refractivity contribution in [2.24, 2.45) is 5.73 Å². The van der Waals surface area contributed by atoms with Crippen molar-refractivity contribution in [3.05, 3.63) is 23.9 Å². The lowest BCUT2D eigenvalue weighted by atomic mass is 10.3. The van der Waals surface area contributed by atoms with Crippen LogP contribution < -0.4 is 10.5 Å². The molecule has 1 aromatic heterocycles. The number of nitrogens with zero attached hydrogens (tertiary/aromatic N) is 1. The van der Waals surface area contributed by atoms with Gasteiger partial charge >= 0.3 is 6.18 Å². The van der Waals surface area contributed by atoms with Crippen LogP contribution in [0.15, 0.2) is 18.2 Å². The number of alkyl halides is 3. The molecule has 2 N–H and O–H groups in total. The Morgan fingerprint density at radius 3 is 2.67 bits per heavy atom. The lowest BCUT2D eigenvalue weighted by Gasteiger charge is -2.16. The van der Waals surface area contributed by atoms with Gasteiger partial charge in [0.15, 0.2) is 6.10 Å². The topological polar surface area (TPSA) is 48.1 Å². The predicted molar refractivity (Wildman–Crippen MR) is 48.3 cm³/mol. The molecule has 1 heterocycles. The average Bonchev–Trinajstić information content (AvgIpc) is 2.16. The summed E-state index contributed by atoms with van der Waals surface area (Å²) in [5.74, 6) is -0.0669. The maximum absolute atomic E-state index is 12.1. The van der Waals surface area contributed by atoms with Gasteiger partial charge in [-0.25, -0.2) is 4.98 Å². The van der Waals surface area contributed by atoms with E-state index in [9.17, 15) is 13.2 Å². The van der Waals surface area contributed by atoms with Crippen LogP contribution in [0, 0.1) is 0 Å². The molecule has 0 aliphatic heterocycles. The van der Waals surface area contributed by atoms with Crippen LogP contribution >= 0.6 is 0 Å². The quantitative estimate of drug-likeness (QED) is 0.845. The summed E-state index contributed by atoms with van der Waals surface area (Å²) < 4.78 is 41.0. The molecule has 0 spiro atoms. The summed E-state index contributed by atoms with van der Waals surface area (Å²) in [6, 6.07) is 4.53. The smallest absolute Gasteiger partial charge is 0.425 e. The molecule has 1 aromatic rings. The zero-order valence-corrected chi connectivity index (χ0v) is 8.08. The van der Waals surface area contributed by atoms with Gasteiger partial charge in [0.25, 0.3) is 0 Å². The van der Waals surface area contributed by atoms with Gasteiger partial charge in [-0.15, -0.1) is 0 Å². The molecule has 0 aliphatic rings. The monoisotopic (exact) mass is 220 g/mol. The molecule has 1 atom stereocenters. The van der Waals surface area contributed by atoms with Crippen LogP contribution in [0.1, 0.15) is 12.6 Å². The zero-order chi connectivity index (χ0) is 11.5. The van der Waals surface area contributed by atoms with E-state index in [0.29, 0.717) is 5.69 Å². The first-order chi connectivity index (χ1) is 6.93. The second-order valence-electron chi connectivity index (χ2n) is 2.97. The first kappa shape index (κ1) is 11.8. The summed E-state index contributed by atoms with van der Waals surface area (Å²) in [6.07, 6.45) is -6.27. The van der Waals surface area contributed by atoms with Crippen LogP contribution in [-0.4, -0.2) is 17.3 Å². The second-order valence-corrected chi connectivity index (χ2v) is 2.97. The second kappa shape index (κ2) is 4.48. The van der Waals surface area contributed by atoms with Crippen molar-refractivity contribution >= 4 is 0 Å². The molecule has 84 valence electrons. The molecular weight excluding hydrogens is 209 g/mol. The van der Waals surface area contributed by atoms with E-state index in [1.165, 1.54) is 6.07 Å². The van der Waals surface area contributed by atoms with E-state index in [-0.39, 0.29) is 12.4 Å². The molecule has 0 bridgehead atoms. The van der Waals surface area contributed by atoms with E-state index >= 15 is 0 Å². The summed E-state index contributed by atoms with van der Waals surface area (Å²) in [6.45, 7) is 1.09. The minimum Gasteiger partial charge on any atom is -0.465 e. The summed E-state index contributed by atoms with van der Waals surface area (Å²) in [4.78, 5) is 3.80. The fraction of sp³-hybridized carbons (Fsp3) is 0.444. The summed E-state index contributed by atoms with van der Waals surface area (Å²) in [7, 11) is 0. The van der Waals surface area contributed by atoms with Crippen molar-refractivity contribution < 1.29 is 17.9 Å². The van der Waals surface area contributed by atoms with Gasteiger partial charge in [-0.05, 0) is 13.0 Å². The molecule has 3 nitrogen and oxygen atoms in total. The molecule has 0 fully saturated rings. The largest absolute Gasteiger partial charge is 0.465 e. The number of pyridine rings is 1. The fourth-order valence-electron chi connectivity index (χ4n) is 0.885. The third-order valence-corrected chi connectivity index (χ3v) is 1.75. The Bertz CT molecular complexity index is 327. The van der Waals surface area contributed by atoms with Gasteiger partial charge in [-0.2, -0.15) is 13.2 Å². The highest BCUT2D eigenvalue weighted by atomic mass is 19.4. The number of halogens is 3. The minimum atomic E-state index is -4.39. The van der Waals surface area contributed by atoms with Crippen molar-refractivity contribution in [1.29, 1.82) is 0 Å². The van der Waals surface area contributed by atoms with Crippen molar-refractivity contribution in [1.82, 2.24) is 4.98 Å². The number of hydrogen-bond donors (Lipinski definition) is 1. The molecule has 0 aromatic carbocycles. The van der Waals surface area contributed by atoms with Gasteiger partial charge in [0, 0.05) is 12.6 Å². The number of nitrogens with two attached hydrogens (primary N) is 1. The molecule has 0 saturated heterocycles. The van der Waals surface area contributed by atoms with Crippen LogP contribution in [0.3, 0.4) is 0 Å². The molecule has 15 heavy (non-hydrogen) atoms. The average molecular weight is 220 g/mol. The number of aromatic nitrogens is 1. The van der Waals surface area contributed by atoms with Crippen LogP contribution in [0.4, 0.5) is 13.2 Å². The van der Waals surface area contributed by atoms with Crippen LogP contribution in [0.25, 0.3) is 0 Å². The van der Waals surface area contributed by atoms with E-state index in [0.717, 1.165) is 6.92 Å². The molecule has 1 unspecified atom stereocenters. The van der Waals surface area contributed by atoms with E-state index in [1.807, 2.05) is 0 Å². The first-order valence-electron chi connectivity index (χ1n) is 4.33. The molecule has 6 heteroatoms. The summed E-state index contributed by atoms with van der Waals surface area (Å²) in [5, 5.41) is 0. The minimum absolute atomic E-state index is 0.0669. The van der Waals surface area contributed by atoms with Gasteiger partial charge in [0.05, 0.1) is 5.69 Å². The van der Waals surface area contributed by atoms with Crippen LogP contribution in [0.2, 0.25) is 0 Å². The van der Waals surface area contributed by atoms with Gasteiger partial charge < -0.3 is 10.5 Å². The van der Waals surface area contributed by atoms with Crippen molar-refractivity contribution in [3.63, 3.8) is 0 Å². The van der Waals surface area contributed by atoms with Crippen molar-refractivity contribution in [3.8, 4) is 5.88 Å². The third kappa shape index (κ3) is 3.39. The fourth-order valence-corrected chi connectivity index (χ4v) is 0.885. The Labute approximate surface area is 85.1 Å². The zero-order valence-electron chi connectivity index (χ0n) is 8.08. The van der Waals surface area contributed by atoms with E-state index in [2.05, 4.69) is 9.72 Å². The lowest BCUT2D eigenvalue weighted by molar-refractivity contribution is -0.190. The highest BCUT2D eigenvalue weighted by Crippen LogP contribution is 2.23. The summed E-state index contributed by atoms with van der Waals surface area (Å²) >= 11 is 0. The molecule has 0 amide bonds.